The summed E-state index contributed by atoms with van der Waals surface area (Å²) in [6, 6.07) is 2.80. The van der Waals surface area contributed by atoms with Crippen LogP contribution in [0.15, 0.2) is 0 Å². The zero-order valence-corrected chi connectivity index (χ0v) is 9.02. The lowest BCUT2D eigenvalue weighted by Gasteiger charge is -2.25. The predicted octanol–water partition coefficient (Wildman–Crippen LogP) is 3.17. The normalized spacial score (nSPS) is 25.4. The Balaban J connectivity index is 2.33. The minimum atomic E-state index is -1.17. The van der Waals surface area contributed by atoms with Gasteiger partial charge in [0, 0.05) is 6.10 Å². The molecule has 0 aromatic carbocycles. The molecular formula is C9H20OSi. The second-order valence-corrected chi connectivity index (χ2v) is 8.13. The van der Waals surface area contributed by atoms with Gasteiger partial charge in [-0.25, -0.2) is 0 Å². The van der Waals surface area contributed by atoms with E-state index in [-0.39, 0.29) is 0 Å². The maximum Gasteiger partial charge on any atom is 0.190 e. The summed E-state index contributed by atoms with van der Waals surface area (Å²) in [6.07, 6.45) is 4.51. The van der Waals surface area contributed by atoms with E-state index in [1.165, 1.54) is 31.4 Å². The first-order valence-electron chi connectivity index (χ1n) is 4.84. The molecule has 1 aliphatic heterocycles. The molecule has 0 amide bonds. The van der Waals surface area contributed by atoms with E-state index in [1.807, 2.05) is 0 Å². The molecule has 1 saturated heterocycles. The lowest BCUT2D eigenvalue weighted by atomic mass is 10.3. The van der Waals surface area contributed by atoms with Crippen molar-refractivity contribution in [1.29, 1.82) is 0 Å². The largest absolute Gasteiger partial charge is 0.414 e. The standard InChI is InChI=1S/C9H20OSi/c1-4-9(2)10-11(3)7-5-6-8-11/h9H,4-8H2,1-3H3. The third-order valence-electron chi connectivity index (χ3n) is 2.72. The molecule has 2 heteroatoms. The molecule has 1 atom stereocenters. The number of rotatable bonds is 3. The highest BCUT2D eigenvalue weighted by atomic mass is 28.4. The smallest absolute Gasteiger partial charge is 0.190 e. The van der Waals surface area contributed by atoms with Gasteiger partial charge in [-0.2, -0.15) is 0 Å². The molecule has 1 unspecified atom stereocenters. The minimum absolute atomic E-state index is 0.504. The van der Waals surface area contributed by atoms with E-state index in [4.69, 9.17) is 4.43 Å². The molecule has 0 bridgehead atoms. The summed E-state index contributed by atoms with van der Waals surface area (Å²) in [5.74, 6) is 0. The zero-order chi connectivity index (χ0) is 8.32. The SMILES string of the molecule is CCC(C)O[Si]1(C)CCCC1. The first kappa shape index (κ1) is 9.27. The summed E-state index contributed by atoms with van der Waals surface area (Å²) in [5.41, 5.74) is 0. The maximum atomic E-state index is 6.09. The van der Waals surface area contributed by atoms with Gasteiger partial charge in [-0.15, -0.1) is 0 Å². The van der Waals surface area contributed by atoms with Crippen molar-refractivity contribution >= 4 is 8.32 Å². The van der Waals surface area contributed by atoms with Gasteiger partial charge in [-0.05, 0) is 32.0 Å². The van der Waals surface area contributed by atoms with Crippen LogP contribution in [0.4, 0.5) is 0 Å². The summed E-state index contributed by atoms with van der Waals surface area (Å²) < 4.78 is 6.09. The first-order chi connectivity index (χ1) is 5.16. The van der Waals surface area contributed by atoms with Gasteiger partial charge in [-0.1, -0.05) is 19.8 Å². The van der Waals surface area contributed by atoms with Crippen LogP contribution in [-0.4, -0.2) is 14.4 Å². The average Bonchev–Trinajstić information content (AvgIpc) is 2.36. The Bertz CT molecular complexity index is 119. The third-order valence-corrected chi connectivity index (χ3v) is 6.52. The summed E-state index contributed by atoms with van der Waals surface area (Å²) in [5, 5.41) is 0. The lowest BCUT2D eigenvalue weighted by molar-refractivity contribution is 0.206. The van der Waals surface area contributed by atoms with Gasteiger partial charge in [-0.3, -0.25) is 0 Å². The molecule has 11 heavy (non-hydrogen) atoms. The Morgan fingerprint density at radius 3 is 2.36 bits per heavy atom. The van der Waals surface area contributed by atoms with E-state index in [0.29, 0.717) is 6.10 Å². The first-order valence-corrected chi connectivity index (χ1v) is 7.66. The third kappa shape index (κ3) is 2.60. The molecular weight excluding hydrogens is 152 g/mol. The van der Waals surface area contributed by atoms with Gasteiger partial charge in [0.15, 0.2) is 8.32 Å². The van der Waals surface area contributed by atoms with Crippen LogP contribution in [0.5, 0.6) is 0 Å². The summed E-state index contributed by atoms with van der Waals surface area (Å²) in [6.45, 7) is 6.81. The van der Waals surface area contributed by atoms with Crippen molar-refractivity contribution in [2.75, 3.05) is 0 Å². The van der Waals surface area contributed by atoms with Crippen LogP contribution in [0.25, 0.3) is 0 Å². The van der Waals surface area contributed by atoms with E-state index in [0.717, 1.165) is 0 Å². The molecule has 0 aromatic heterocycles. The van der Waals surface area contributed by atoms with Gasteiger partial charge in [0.25, 0.3) is 0 Å². The van der Waals surface area contributed by atoms with Crippen LogP contribution in [0, 0.1) is 0 Å². The molecule has 0 aromatic rings. The van der Waals surface area contributed by atoms with Crippen molar-refractivity contribution in [2.45, 2.75) is 57.8 Å². The Morgan fingerprint density at radius 2 is 1.91 bits per heavy atom. The molecule has 0 saturated carbocycles. The predicted molar refractivity (Wildman–Crippen MR) is 51.3 cm³/mol. The van der Waals surface area contributed by atoms with Crippen molar-refractivity contribution in [2.24, 2.45) is 0 Å². The second kappa shape index (κ2) is 3.72. The number of hydrogen-bond donors (Lipinski definition) is 0. The van der Waals surface area contributed by atoms with Crippen molar-refractivity contribution in [3.63, 3.8) is 0 Å². The fraction of sp³-hybridized carbons (Fsp3) is 1.00. The van der Waals surface area contributed by atoms with Gasteiger partial charge >= 0.3 is 0 Å². The van der Waals surface area contributed by atoms with Crippen molar-refractivity contribution in [3.8, 4) is 0 Å². The average molecular weight is 172 g/mol. The van der Waals surface area contributed by atoms with Crippen molar-refractivity contribution < 1.29 is 4.43 Å². The second-order valence-electron chi connectivity index (χ2n) is 3.99. The fourth-order valence-electron chi connectivity index (χ4n) is 1.81. The fourth-order valence-corrected chi connectivity index (χ4v) is 5.43. The molecule has 1 fully saturated rings. The zero-order valence-electron chi connectivity index (χ0n) is 8.02. The highest BCUT2D eigenvalue weighted by Crippen LogP contribution is 2.31. The highest BCUT2D eigenvalue weighted by molar-refractivity contribution is 6.73. The van der Waals surface area contributed by atoms with Gasteiger partial charge < -0.3 is 4.43 Å². The van der Waals surface area contributed by atoms with Gasteiger partial charge in [0.1, 0.15) is 0 Å². The van der Waals surface area contributed by atoms with Crippen LogP contribution in [0.3, 0.4) is 0 Å². The molecule has 1 aliphatic rings. The minimum Gasteiger partial charge on any atom is -0.414 e. The quantitative estimate of drug-likeness (QED) is 0.594. The van der Waals surface area contributed by atoms with E-state index in [2.05, 4.69) is 20.4 Å². The van der Waals surface area contributed by atoms with Crippen LogP contribution < -0.4 is 0 Å². The van der Waals surface area contributed by atoms with Crippen LogP contribution in [0.2, 0.25) is 18.6 Å². The molecule has 1 heterocycles. The van der Waals surface area contributed by atoms with Crippen molar-refractivity contribution in [3.05, 3.63) is 0 Å². The van der Waals surface area contributed by atoms with E-state index >= 15 is 0 Å². The molecule has 66 valence electrons. The number of hydrogen-bond acceptors (Lipinski definition) is 1. The Hall–Kier alpha value is 0.177. The van der Waals surface area contributed by atoms with Crippen LogP contribution in [0.1, 0.15) is 33.1 Å². The summed E-state index contributed by atoms with van der Waals surface area (Å²) in [7, 11) is -1.17. The molecule has 0 spiro atoms. The topological polar surface area (TPSA) is 9.23 Å². The van der Waals surface area contributed by atoms with Gasteiger partial charge in [0.05, 0.1) is 0 Å². The van der Waals surface area contributed by atoms with Crippen LogP contribution >= 0.6 is 0 Å². The molecule has 1 rings (SSSR count). The Morgan fingerprint density at radius 1 is 1.36 bits per heavy atom. The summed E-state index contributed by atoms with van der Waals surface area (Å²) >= 11 is 0. The molecule has 1 nitrogen and oxygen atoms in total. The van der Waals surface area contributed by atoms with Gasteiger partial charge in [0.2, 0.25) is 0 Å². The summed E-state index contributed by atoms with van der Waals surface area (Å²) in [4.78, 5) is 0. The highest BCUT2D eigenvalue weighted by Gasteiger charge is 2.33. The van der Waals surface area contributed by atoms with Crippen LogP contribution in [-0.2, 0) is 4.43 Å². The molecule has 0 radical (unpaired) electrons. The van der Waals surface area contributed by atoms with E-state index in [9.17, 15) is 0 Å². The maximum absolute atomic E-state index is 6.09. The monoisotopic (exact) mass is 172 g/mol. The van der Waals surface area contributed by atoms with E-state index in [1.54, 1.807) is 0 Å². The molecule has 0 aliphatic carbocycles. The molecule has 0 N–H and O–H groups in total. The lowest BCUT2D eigenvalue weighted by Crippen LogP contribution is -2.34. The van der Waals surface area contributed by atoms with Crippen molar-refractivity contribution in [1.82, 2.24) is 0 Å². The Labute approximate surface area is 71.3 Å². The van der Waals surface area contributed by atoms with E-state index < -0.39 is 8.32 Å². The Kier molecular flexibility index (Phi) is 3.13.